The molecule has 1 aliphatic carbocycles. The van der Waals surface area contributed by atoms with Gasteiger partial charge in [0, 0.05) is 5.92 Å². The topological polar surface area (TPSA) is 129 Å². The van der Waals surface area contributed by atoms with E-state index >= 15 is 0 Å². The summed E-state index contributed by atoms with van der Waals surface area (Å²) in [6.07, 6.45) is 1.94. The standard InChI is InChI=1S/C35H46F2N4O7/c1-7-21-25-18-41(27(21)19(2)42)31(43)29(33(3,4)5)40-32(44)48-34(6)17-11-13-20(34)12-9-8-10-14-23-30(45-25)39-26-22(38-23)15-16-24-28(26)47-35(36,37)46-24/h15-16,20-21,25,27,29H,7-14,17-18H2,1-6H3,(H,40,44)/t20-,21?,25+,27-,29-,34-/m1/s1. The third-order valence-electron chi connectivity index (χ3n) is 10.5. The number of ketones is 1. The Morgan fingerprint density at radius 2 is 1.81 bits per heavy atom. The smallest absolute Gasteiger partial charge is 0.471 e. The third-order valence-corrected chi connectivity index (χ3v) is 10.5. The van der Waals surface area contributed by atoms with Crippen LogP contribution in [-0.2, 0) is 20.7 Å². The van der Waals surface area contributed by atoms with E-state index in [4.69, 9.17) is 19.2 Å². The van der Waals surface area contributed by atoms with Gasteiger partial charge in [-0.25, -0.2) is 14.8 Å². The highest BCUT2D eigenvalue weighted by Gasteiger charge is 2.51. The molecule has 1 aromatic carbocycles. The summed E-state index contributed by atoms with van der Waals surface area (Å²) >= 11 is 0. The molecule has 0 radical (unpaired) electrons. The second kappa shape index (κ2) is 12.6. The van der Waals surface area contributed by atoms with Crippen molar-refractivity contribution in [2.75, 3.05) is 6.54 Å². The van der Waals surface area contributed by atoms with Crippen molar-refractivity contribution in [2.24, 2.45) is 17.3 Å². The van der Waals surface area contributed by atoms with Gasteiger partial charge in [-0.1, -0.05) is 40.5 Å². The minimum atomic E-state index is -3.84. The summed E-state index contributed by atoms with van der Waals surface area (Å²) in [7, 11) is 0. The van der Waals surface area contributed by atoms with Crippen LogP contribution in [0.2, 0.25) is 0 Å². The van der Waals surface area contributed by atoms with E-state index in [0.29, 0.717) is 24.1 Å². The molecule has 1 saturated carbocycles. The van der Waals surface area contributed by atoms with Crippen LogP contribution in [-0.4, -0.2) is 69.3 Å². The highest BCUT2D eigenvalue weighted by Crippen LogP contribution is 2.46. The fraction of sp³-hybridized carbons (Fsp3) is 0.686. The molecule has 1 aromatic heterocycles. The summed E-state index contributed by atoms with van der Waals surface area (Å²) in [5, 5.41) is 2.88. The Balaban J connectivity index is 1.41. The molecule has 2 aromatic rings. The number of alkyl carbamates (subject to hydrolysis) is 1. The van der Waals surface area contributed by atoms with E-state index in [0.717, 1.165) is 44.9 Å². The minimum absolute atomic E-state index is 0.0500. The van der Waals surface area contributed by atoms with Crippen molar-refractivity contribution in [1.29, 1.82) is 0 Å². The highest BCUT2D eigenvalue weighted by atomic mass is 19.3. The molecular formula is C35H46F2N4O7. The van der Waals surface area contributed by atoms with Crippen molar-refractivity contribution in [3.05, 3.63) is 17.8 Å². The van der Waals surface area contributed by atoms with Crippen LogP contribution in [0.3, 0.4) is 0 Å². The molecule has 6 rings (SSSR count). The lowest BCUT2D eigenvalue weighted by molar-refractivity contribution is -0.286. The monoisotopic (exact) mass is 672 g/mol. The number of fused-ring (bicyclic) bond motifs is 7. The Labute approximate surface area is 279 Å². The number of aromatic nitrogens is 2. The van der Waals surface area contributed by atoms with E-state index in [1.165, 1.54) is 17.9 Å². The van der Waals surface area contributed by atoms with Crippen LogP contribution in [0.15, 0.2) is 12.1 Å². The average molecular weight is 673 g/mol. The highest BCUT2D eigenvalue weighted by molar-refractivity contribution is 5.93. The molecule has 6 atom stereocenters. The molecule has 3 aliphatic heterocycles. The first-order valence-corrected chi connectivity index (χ1v) is 17.2. The van der Waals surface area contributed by atoms with E-state index < -0.39 is 53.4 Å². The number of ether oxygens (including phenoxy) is 4. The second-order valence-electron chi connectivity index (χ2n) is 15.0. The average Bonchev–Trinajstić information content (AvgIpc) is 3.65. The van der Waals surface area contributed by atoms with Crippen LogP contribution < -0.4 is 19.5 Å². The van der Waals surface area contributed by atoms with Crippen LogP contribution in [0, 0.1) is 17.3 Å². The number of Topliss-reactive ketones (excluding diaryl/α,β-unsaturated/α-hetero) is 1. The number of halogens is 2. The summed E-state index contributed by atoms with van der Waals surface area (Å²) in [5.74, 6) is -1.07. The summed E-state index contributed by atoms with van der Waals surface area (Å²) < 4.78 is 50.3. The number of benzene rings is 1. The summed E-state index contributed by atoms with van der Waals surface area (Å²) in [4.78, 5) is 52.1. The van der Waals surface area contributed by atoms with Crippen molar-refractivity contribution < 1.29 is 42.1 Å². The molecule has 1 saturated heterocycles. The van der Waals surface area contributed by atoms with Crippen molar-refractivity contribution in [1.82, 2.24) is 20.2 Å². The number of carbonyl (C=O) groups is 3. The van der Waals surface area contributed by atoms with E-state index in [-0.39, 0.29) is 41.1 Å². The van der Waals surface area contributed by atoms with Gasteiger partial charge in [-0.3, -0.25) is 9.59 Å². The zero-order valence-corrected chi connectivity index (χ0v) is 28.6. The van der Waals surface area contributed by atoms with Crippen LogP contribution in [0.5, 0.6) is 17.4 Å². The predicted octanol–water partition coefficient (Wildman–Crippen LogP) is 6.34. The molecule has 48 heavy (non-hydrogen) atoms. The third kappa shape index (κ3) is 6.48. The molecule has 13 heteroatoms. The number of hydrogen-bond acceptors (Lipinski definition) is 9. The number of hydrogen-bond donors (Lipinski definition) is 1. The lowest BCUT2D eigenvalue weighted by Crippen LogP contribution is -2.58. The fourth-order valence-corrected chi connectivity index (χ4v) is 8.01. The molecule has 1 unspecified atom stereocenters. The summed E-state index contributed by atoms with van der Waals surface area (Å²) in [6, 6.07) is 1.15. The maximum absolute atomic E-state index is 14.4. The van der Waals surface area contributed by atoms with Crippen LogP contribution >= 0.6 is 0 Å². The quantitative estimate of drug-likeness (QED) is 0.389. The molecule has 0 spiro atoms. The van der Waals surface area contributed by atoms with E-state index in [1.807, 2.05) is 34.6 Å². The maximum atomic E-state index is 14.4. The van der Waals surface area contributed by atoms with Crippen LogP contribution in [0.25, 0.3) is 11.0 Å². The number of nitrogens with one attached hydrogen (secondary N) is 1. The van der Waals surface area contributed by atoms with Gasteiger partial charge in [0.2, 0.25) is 17.5 Å². The van der Waals surface area contributed by atoms with Gasteiger partial charge in [0.1, 0.15) is 29.0 Å². The van der Waals surface area contributed by atoms with Gasteiger partial charge in [-0.2, -0.15) is 0 Å². The van der Waals surface area contributed by atoms with Crippen molar-refractivity contribution in [2.45, 2.75) is 129 Å². The molecule has 262 valence electrons. The lowest BCUT2D eigenvalue weighted by Gasteiger charge is -2.37. The van der Waals surface area contributed by atoms with E-state index in [2.05, 4.69) is 15.0 Å². The number of nitrogens with zero attached hydrogens (tertiary/aromatic N) is 3. The Kier molecular flexibility index (Phi) is 8.95. The fourth-order valence-electron chi connectivity index (χ4n) is 8.01. The molecule has 1 N–H and O–H groups in total. The van der Waals surface area contributed by atoms with E-state index in [9.17, 15) is 23.2 Å². The molecule has 11 nitrogen and oxygen atoms in total. The predicted molar refractivity (Wildman–Crippen MR) is 171 cm³/mol. The number of amides is 2. The summed E-state index contributed by atoms with van der Waals surface area (Å²) in [6.45, 7) is 11.0. The van der Waals surface area contributed by atoms with Crippen molar-refractivity contribution in [3.8, 4) is 17.4 Å². The molecule has 4 heterocycles. The largest absolute Gasteiger partial charge is 0.586 e. The van der Waals surface area contributed by atoms with E-state index in [1.54, 1.807) is 6.07 Å². The van der Waals surface area contributed by atoms with Gasteiger partial charge in [0.05, 0.1) is 18.1 Å². The number of alkyl halides is 2. The Bertz CT molecular complexity index is 1600. The van der Waals surface area contributed by atoms with Crippen LogP contribution in [0.1, 0.15) is 98.6 Å². The number of rotatable bonds is 2. The van der Waals surface area contributed by atoms with Gasteiger partial charge in [0.25, 0.3) is 0 Å². The van der Waals surface area contributed by atoms with Gasteiger partial charge >= 0.3 is 12.4 Å². The van der Waals surface area contributed by atoms with Crippen molar-refractivity contribution in [3.63, 3.8) is 0 Å². The zero-order chi connectivity index (χ0) is 34.6. The molecule has 2 fully saturated rings. The number of carbonyl (C=O) groups excluding carboxylic acids is 3. The molecule has 2 amide bonds. The van der Waals surface area contributed by atoms with Crippen LogP contribution in [0.4, 0.5) is 13.6 Å². The Morgan fingerprint density at radius 3 is 2.52 bits per heavy atom. The Hall–Kier alpha value is -3.77. The first-order chi connectivity index (χ1) is 22.6. The normalized spacial score (nSPS) is 30.8. The lowest BCUT2D eigenvalue weighted by atomic mass is 9.85. The summed E-state index contributed by atoms with van der Waals surface area (Å²) in [5.41, 5.74) is -0.371. The second-order valence-corrected chi connectivity index (χ2v) is 15.0. The first-order valence-electron chi connectivity index (χ1n) is 17.2. The maximum Gasteiger partial charge on any atom is 0.586 e. The minimum Gasteiger partial charge on any atom is -0.471 e. The first kappa shape index (κ1) is 34.1. The van der Waals surface area contributed by atoms with Gasteiger partial charge < -0.3 is 29.2 Å². The molecule has 4 aliphatic rings. The Morgan fingerprint density at radius 1 is 1.06 bits per heavy atom. The zero-order valence-electron chi connectivity index (χ0n) is 28.6. The van der Waals surface area contributed by atoms with Crippen molar-refractivity contribution >= 4 is 28.8 Å². The van der Waals surface area contributed by atoms with Gasteiger partial charge in [-0.05, 0) is 82.3 Å². The van der Waals surface area contributed by atoms with Gasteiger partial charge in [0.15, 0.2) is 11.5 Å². The van der Waals surface area contributed by atoms with Gasteiger partial charge in [-0.15, -0.1) is 8.78 Å². The molecule has 2 bridgehead atoms. The SMILES string of the molecule is CCC1[C@@H]2CN(C(=O)[C@H](C(C)(C)C)NC(=O)O[C@]3(C)CCC[C@H]3CCCCCc3nc4ccc5c(c4nc3O2)OC(F)(F)O5)[C@@H]1C(C)=O. The molecular weight excluding hydrogens is 626 g/mol. The number of aryl methyl sites for hydroxylation is 1.